The minimum atomic E-state index is 1.14. The second-order valence-electron chi connectivity index (χ2n) is 3.39. The highest BCUT2D eigenvalue weighted by atomic mass is 79.9. The number of halogens is 2. The molecule has 3 rings (SSSR count). The van der Waals surface area contributed by atoms with Crippen LogP contribution in [0.1, 0.15) is 0 Å². The molecule has 2 aromatic carbocycles. The van der Waals surface area contributed by atoms with Crippen molar-refractivity contribution in [2.75, 3.05) is 0 Å². The highest BCUT2D eigenvalue weighted by molar-refractivity contribution is 9.10. The maximum Gasteiger partial charge on any atom is 0.0273 e. The summed E-state index contributed by atoms with van der Waals surface area (Å²) in [6.45, 7) is 0. The summed E-state index contributed by atoms with van der Waals surface area (Å²) in [4.78, 5) is 5.32. The fourth-order valence-electron chi connectivity index (χ4n) is 1.53. The van der Waals surface area contributed by atoms with Crippen LogP contribution in [-0.2, 0) is 0 Å². The van der Waals surface area contributed by atoms with Gasteiger partial charge in [0.1, 0.15) is 0 Å². The lowest BCUT2D eigenvalue weighted by atomic mass is 10.3. The van der Waals surface area contributed by atoms with E-state index in [1.807, 2.05) is 23.5 Å². The molecule has 1 aliphatic heterocycles. The molecule has 0 nitrogen and oxygen atoms in total. The predicted molar refractivity (Wildman–Crippen MR) is 76.5 cm³/mol. The Hall–Kier alpha value is 0.1000. The summed E-state index contributed by atoms with van der Waals surface area (Å²) in [5, 5.41) is 0. The second-order valence-corrected chi connectivity index (χ2v) is 7.39. The van der Waals surface area contributed by atoms with Gasteiger partial charge in [0.15, 0.2) is 0 Å². The highest BCUT2D eigenvalue weighted by Crippen LogP contribution is 2.49. The van der Waals surface area contributed by atoms with Crippen molar-refractivity contribution in [1.82, 2.24) is 0 Å². The molecule has 0 N–H and O–H groups in total. The van der Waals surface area contributed by atoms with Crippen LogP contribution in [0.25, 0.3) is 0 Å². The summed E-state index contributed by atoms with van der Waals surface area (Å²) >= 11 is 10.7. The summed E-state index contributed by atoms with van der Waals surface area (Å²) in [5.74, 6) is 0. The lowest BCUT2D eigenvalue weighted by Gasteiger charge is -2.18. The largest absolute Gasteiger partial charge is 0.0877 e. The molecule has 0 aromatic heterocycles. The summed E-state index contributed by atoms with van der Waals surface area (Å²) < 4.78 is 2.27. The first-order valence-electron chi connectivity index (χ1n) is 4.67. The van der Waals surface area contributed by atoms with E-state index in [4.69, 9.17) is 0 Å². The third-order valence-corrected chi connectivity index (χ3v) is 5.76. The van der Waals surface area contributed by atoms with Crippen LogP contribution in [0.15, 0.2) is 64.9 Å². The molecule has 2 aromatic rings. The molecule has 0 spiro atoms. The maximum absolute atomic E-state index is 3.51. The van der Waals surface area contributed by atoms with Gasteiger partial charge in [0.2, 0.25) is 0 Å². The smallest absolute Gasteiger partial charge is 0.0273 e. The van der Waals surface area contributed by atoms with E-state index in [1.165, 1.54) is 19.6 Å². The number of fused-ring (bicyclic) bond motifs is 2. The molecule has 1 aliphatic rings. The Bertz CT molecular complexity index is 517. The molecule has 0 aliphatic carbocycles. The Morgan fingerprint density at radius 3 is 1.56 bits per heavy atom. The Balaban J connectivity index is 2.10. The average molecular weight is 374 g/mol. The van der Waals surface area contributed by atoms with E-state index in [0.29, 0.717) is 0 Å². The zero-order chi connectivity index (χ0) is 11.1. The molecule has 0 saturated carbocycles. The van der Waals surface area contributed by atoms with Gasteiger partial charge in [0.25, 0.3) is 0 Å². The van der Waals surface area contributed by atoms with Gasteiger partial charge < -0.3 is 0 Å². The van der Waals surface area contributed by atoms with Crippen LogP contribution in [0.5, 0.6) is 0 Å². The van der Waals surface area contributed by atoms with Crippen molar-refractivity contribution in [3.8, 4) is 0 Å². The van der Waals surface area contributed by atoms with E-state index in [0.717, 1.165) is 8.95 Å². The van der Waals surface area contributed by atoms with Gasteiger partial charge in [-0.3, -0.25) is 0 Å². The molecule has 80 valence electrons. The Morgan fingerprint density at radius 1 is 0.625 bits per heavy atom. The fraction of sp³-hybridized carbons (Fsp3) is 0. The molecule has 1 heterocycles. The molecule has 0 fully saturated rings. The summed E-state index contributed by atoms with van der Waals surface area (Å²) in [7, 11) is 0. The normalized spacial score (nSPS) is 13.1. The van der Waals surface area contributed by atoms with E-state index >= 15 is 0 Å². The fourth-order valence-corrected chi connectivity index (χ4v) is 4.83. The van der Waals surface area contributed by atoms with Crippen molar-refractivity contribution < 1.29 is 0 Å². The second kappa shape index (κ2) is 4.41. The maximum atomic E-state index is 3.51. The van der Waals surface area contributed by atoms with E-state index in [-0.39, 0.29) is 0 Å². The molecule has 4 heteroatoms. The molecular weight excluding hydrogens is 368 g/mol. The van der Waals surface area contributed by atoms with Gasteiger partial charge in [-0.05, 0) is 36.4 Å². The quantitative estimate of drug-likeness (QED) is 0.486. The van der Waals surface area contributed by atoms with Crippen molar-refractivity contribution in [2.45, 2.75) is 19.6 Å². The summed E-state index contributed by atoms with van der Waals surface area (Å²) in [5.41, 5.74) is 0. The molecular formula is C12H6Br2S2. The summed E-state index contributed by atoms with van der Waals surface area (Å²) in [6.07, 6.45) is 0. The van der Waals surface area contributed by atoms with E-state index in [1.54, 1.807) is 0 Å². The van der Waals surface area contributed by atoms with Crippen molar-refractivity contribution >= 4 is 55.4 Å². The van der Waals surface area contributed by atoms with Crippen LogP contribution in [0, 0.1) is 0 Å². The Morgan fingerprint density at radius 2 is 1.06 bits per heavy atom. The minimum Gasteiger partial charge on any atom is -0.0877 e. The van der Waals surface area contributed by atoms with Crippen LogP contribution in [0.4, 0.5) is 0 Å². The monoisotopic (exact) mass is 372 g/mol. The molecule has 16 heavy (non-hydrogen) atoms. The predicted octanol–water partition coefficient (Wildman–Crippen LogP) is 5.83. The average Bonchev–Trinajstić information content (AvgIpc) is 2.26. The number of rotatable bonds is 0. The lowest BCUT2D eigenvalue weighted by molar-refractivity contribution is 1.15. The van der Waals surface area contributed by atoms with Gasteiger partial charge in [-0.2, -0.15) is 0 Å². The molecule has 0 saturated heterocycles. The summed E-state index contributed by atoms with van der Waals surface area (Å²) in [6, 6.07) is 12.9. The van der Waals surface area contributed by atoms with Crippen LogP contribution in [0.3, 0.4) is 0 Å². The topological polar surface area (TPSA) is 0 Å². The third-order valence-electron chi connectivity index (χ3n) is 2.25. The number of hydrogen-bond donors (Lipinski definition) is 0. The van der Waals surface area contributed by atoms with E-state index in [2.05, 4.69) is 68.3 Å². The zero-order valence-electron chi connectivity index (χ0n) is 8.04. The van der Waals surface area contributed by atoms with Gasteiger partial charge in [-0.25, -0.2) is 0 Å². The lowest BCUT2D eigenvalue weighted by Crippen LogP contribution is -1.89. The van der Waals surface area contributed by atoms with Gasteiger partial charge in [-0.15, -0.1) is 0 Å². The highest BCUT2D eigenvalue weighted by Gasteiger charge is 2.16. The van der Waals surface area contributed by atoms with Crippen molar-refractivity contribution in [3.05, 3.63) is 45.3 Å². The van der Waals surface area contributed by atoms with Crippen LogP contribution < -0.4 is 0 Å². The number of hydrogen-bond acceptors (Lipinski definition) is 2. The first kappa shape index (κ1) is 11.2. The van der Waals surface area contributed by atoms with Gasteiger partial charge in [-0.1, -0.05) is 55.4 Å². The van der Waals surface area contributed by atoms with Crippen molar-refractivity contribution in [3.63, 3.8) is 0 Å². The molecule has 0 unspecified atom stereocenters. The minimum absolute atomic E-state index is 1.14. The van der Waals surface area contributed by atoms with E-state index < -0.39 is 0 Å². The Labute approximate surface area is 119 Å². The van der Waals surface area contributed by atoms with Gasteiger partial charge in [0.05, 0.1) is 0 Å². The van der Waals surface area contributed by atoms with Gasteiger partial charge in [0, 0.05) is 28.5 Å². The van der Waals surface area contributed by atoms with Crippen molar-refractivity contribution in [1.29, 1.82) is 0 Å². The number of benzene rings is 2. The van der Waals surface area contributed by atoms with Gasteiger partial charge >= 0.3 is 0 Å². The third kappa shape index (κ3) is 2.08. The molecule has 0 atom stereocenters. The molecule has 0 radical (unpaired) electrons. The standard InChI is InChI=1S/C12H6Br2S2/c13-7-1-3-9-11(5-7)16-12-6-8(14)2-4-10(12)15-9/h1-6H. The molecule has 0 amide bonds. The first-order valence-corrected chi connectivity index (χ1v) is 7.89. The Kier molecular flexibility index (Phi) is 3.09. The van der Waals surface area contributed by atoms with Crippen LogP contribution >= 0.6 is 55.4 Å². The molecule has 0 bridgehead atoms. The van der Waals surface area contributed by atoms with Crippen molar-refractivity contribution in [2.24, 2.45) is 0 Å². The van der Waals surface area contributed by atoms with E-state index in [9.17, 15) is 0 Å². The van der Waals surface area contributed by atoms with Crippen LogP contribution in [-0.4, -0.2) is 0 Å². The first-order chi connectivity index (χ1) is 7.72. The SMILES string of the molecule is Brc1ccc2c(c1)Sc1cc(Br)ccc1S2. The zero-order valence-corrected chi connectivity index (χ0v) is 12.8. The van der Waals surface area contributed by atoms with Crippen LogP contribution in [0.2, 0.25) is 0 Å².